The predicted molar refractivity (Wildman–Crippen MR) is 85.5 cm³/mol. The Morgan fingerprint density at radius 3 is 1.90 bits per heavy atom. The van der Waals surface area contributed by atoms with E-state index in [-0.39, 0.29) is 5.92 Å². The topological polar surface area (TPSA) is 12.9 Å². The smallest absolute Gasteiger partial charge is 0.105 e. The number of hydrogen-bond acceptors (Lipinski definition) is 2. The fourth-order valence-corrected chi connectivity index (χ4v) is 3.48. The molecule has 0 bridgehead atoms. The lowest BCUT2D eigenvalue weighted by molar-refractivity contribution is 0.943. The molecule has 3 heteroatoms. The minimum atomic E-state index is 0.180. The van der Waals surface area contributed by atoms with E-state index < -0.39 is 0 Å². The number of nitrogens with zero attached hydrogens (tertiary/aromatic N) is 1. The SMILES string of the molecule is ClCc1csc(C(c2ccccc2)c2ccccc2)n1. The molecule has 0 aliphatic carbocycles. The molecule has 0 spiro atoms. The molecule has 0 saturated carbocycles. The van der Waals surface area contributed by atoms with Gasteiger partial charge in [0.1, 0.15) is 5.01 Å². The number of rotatable bonds is 4. The van der Waals surface area contributed by atoms with Gasteiger partial charge in [-0.15, -0.1) is 22.9 Å². The fourth-order valence-electron chi connectivity index (χ4n) is 2.29. The van der Waals surface area contributed by atoms with Gasteiger partial charge in [-0.05, 0) is 11.1 Å². The van der Waals surface area contributed by atoms with Gasteiger partial charge in [-0.1, -0.05) is 60.7 Å². The summed E-state index contributed by atoms with van der Waals surface area (Å²) in [6.07, 6.45) is 0. The third-order valence-electron chi connectivity index (χ3n) is 3.22. The molecule has 1 aromatic heterocycles. The molecule has 0 aliphatic heterocycles. The monoisotopic (exact) mass is 299 g/mol. The molecular weight excluding hydrogens is 286 g/mol. The van der Waals surface area contributed by atoms with Crippen LogP contribution in [0.25, 0.3) is 0 Å². The summed E-state index contributed by atoms with van der Waals surface area (Å²) in [5.41, 5.74) is 3.46. The maximum atomic E-state index is 5.88. The molecule has 0 atom stereocenters. The first-order valence-electron chi connectivity index (χ1n) is 6.48. The van der Waals surface area contributed by atoms with Crippen molar-refractivity contribution in [2.24, 2.45) is 0 Å². The van der Waals surface area contributed by atoms with Crippen molar-refractivity contribution in [2.75, 3.05) is 0 Å². The van der Waals surface area contributed by atoms with Crippen LogP contribution in [-0.2, 0) is 5.88 Å². The van der Waals surface area contributed by atoms with Gasteiger partial charge in [0, 0.05) is 5.38 Å². The summed E-state index contributed by atoms with van der Waals surface area (Å²) in [6.45, 7) is 0. The second-order valence-electron chi connectivity index (χ2n) is 4.57. The molecule has 3 rings (SSSR count). The Labute approximate surface area is 127 Å². The lowest BCUT2D eigenvalue weighted by Gasteiger charge is -2.15. The van der Waals surface area contributed by atoms with Gasteiger partial charge >= 0.3 is 0 Å². The number of halogens is 1. The largest absolute Gasteiger partial charge is 0.244 e. The quantitative estimate of drug-likeness (QED) is 0.613. The Morgan fingerprint density at radius 2 is 1.45 bits per heavy atom. The normalized spacial score (nSPS) is 10.9. The average molecular weight is 300 g/mol. The highest BCUT2D eigenvalue weighted by Gasteiger charge is 2.19. The summed E-state index contributed by atoms with van der Waals surface area (Å²) in [7, 11) is 0. The van der Waals surface area contributed by atoms with E-state index in [1.165, 1.54) is 11.1 Å². The standard InChI is InChI=1S/C17H14ClNS/c18-11-15-12-20-17(19-15)16(13-7-3-1-4-8-13)14-9-5-2-6-10-14/h1-10,12,16H,11H2. The van der Waals surface area contributed by atoms with Crippen LogP contribution in [0, 0.1) is 0 Å². The van der Waals surface area contributed by atoms with Crippen LogP contribution in [0.15, 0.2) is 66.0 Å². The van der Waals surface area contributed by atoms with Crippen molar-refractivity contribution >= 4 is 22.9 Å². The van der Waals surface area contributed by atoms with Gasteiger partial charge in [0.2, 0.25) is 0 Å². The summed E-state index contributed by atoms with van der Waals surface area (Å²) in [4.78, 5) is 4.67. The van der Waals surface area contributed by atoms with Crippen LogP contribution >= 0.6 is 22.9 Å². The van der Waals surface area contributed by atoms with Crippen molar-refractivity contribution in [1.29, 1.82) is 0 Å². The molecule has 0 saturated heterocycles. The third-order valence-corrected chi connectivity index (χ3v) is 4.45. The second kappa shape index (κ2) is 6.21. The van der Waals surface area contributed by atoms with E-state index in [1.54, 1.807) is 11.3 Å². The zero-order valence-electron chi connectivity index (χ0n) is 10.9. The highest BCUT2D eigenvalue weighted by molar-refractivity contribution is 7.09. The van der Waals surface area contributed by atoms with Gasteiger partial charge in [-0.2, -0.15) is 0 Å². The van der Waals surface area contributed by atoms with Crippen LogP contribution in [-0.4, -0.2) is 4.98 Å². The van der Waals surface area contributed by atoms with Gasteiger partial charge in [0.05, 0.1) is 17.5 Å². The minimum absolute atomic E-state index is 0.180. The molecular formula is C17H14ClNS. The summed E-state index contributed by atoms with van der Waals surface area (Å²) in [6, 6.07) is 21.0. The Bertz CT molecular complexity index is 624. The Kier molecular flexibility index (Phi) is 4.14. The van der Waals surface area contributed by atoms with Gasteiger partial charge in [0.25, 0.3) is 0 Å². The van der Waals surface area contributed by atoms with Gasteiger partial charge in [-0.3, -0.25) is 0 Å². The molecule has 1 heterocycles. The van der Waals surface area contributed by atoms with Crippen LogP contribution in [0.1, 0.15) is 27.7 Å². The summed E-state index contributed by atoms with van der Waals surface area (Å²) in [5.74, 6) is 0.645. The van der Waals surface area contributed by atoms with E-state index in [0.717, 1.165) is 10.7 Å². The average Bonchev–Trinajstić information content (AvgIpc) is 2.98. The van der Waals surface area contributed by atoms with Crippen LogP contribution < -0.4 is 0 Å². The van der Waals surface area contributed by atoms with Gasteiger partial charge in [0.15, 0.2) is 0 Å². The van der Waals surface area contributed by atoms with Crippen molar-refractivity contribution in [1.82, 2.24) is 4.98 Å². The molecule has 2 aromatic carbocycles. The molecule has 20 heavy (non-hydrogen) atoms. The molecule has 0 radical (unpaired) electrons. The van der Waals surface area contributed by atoms with Crippen molar-refractivity contribution < 1.29 is 0 Å². The van der Waals surface area contributed by atoms with E-state index >= 15 is 0 Å². The zero-order chi connectivity index (χ0) is 13.8. The van der Waals surface area contributed by atoms with E-state index in [2.05, 4.69) is 53.5 Å². The molecule has 1 nitrogen and oxygen atoms in total. The molecule has 0 aliphatic rings. The highest BCUT2D eigenvalue weighted by Crippen LogP contribution is 2.33. The Morgan fingerprint density at radius 1 is 0.900 bits per heavy atom. The Hall–Kier alpha value is -1.64. The molecule has 0 N–H and O–H groups in total. The number of thiazole rings is 1. The van der Waals surface area contributed by atoms with E-state index in [1.807, 2.05) is 17.5 Å². The van der Waals surface area contributed by atoms with E-state index in [9.17, 15) is 0 Å². The molecule has 3 aromatic rings. The molecule has 0 unspecified atom stereocenters. The van der Waals surface area contributed by atoms with Crippen LogP contribution in [0.5, 0.6) is 0 Å². The second-order valence-corrected chi connectivity index (χ2v) is 5.72. The molecule has 0 fully saturated rings. The predicted octanol–water partition coefficient (Wildman–Crippen LogP) is 5.06. The maximum Gasteiger partial charge on any atom is 0.105 e. The maximum absolute atomic E-state index is 5.88. The van der Waals surface area contributed by atoms with Crippen molar-refractivity contribution in [3.8, 4) is 0 Å². The van der Waals surface area contributed by atoms with Crippen molar-refractivity contribution in [2.45, 2.75) is 11.8 Å². The first-order chi connectivity index (χ1) is 9.88. The molecule has 100 valence electrons. The van der Waals surface area contributed by atoms with Gasteiger partial charge in [-0.25, -0.2) is 4.98 Å². The lowest BCUT2D eigenvalue weighted by Crippen LogP contribution is -2.02. The van der Waals surface area contributed by atoms with E-state index in [0.29, 0.717) is 5.88 Å². The highest BCUT2D eigenvalue weighted by atomic mass is 35.5. The number of aromatic nitrogens is 1. The van der Waals surface area contributed by atoms with E-state index in [4.69, 9.17) is 11.6 Å². The first kappa shape index (κ1) is 13.3. The zero-order valence-corrected chi connectivity index (χ0v) is 12.4. The van der Waals surface area contributed by atoms with Crippen LogP contribution in [0.2, 0.25) is 0 Å². The van der Waals surface area contributed by atoms with Crippen LogP contribution in [0.4, 0.5) is 0 Å². The lowest BCUT2D eigenvalue weighted by atomic mass is 9.92. The minimum Gasteiger partial charge on any atom is -0.244 e. The summed E-state index contributed by atoms with van der Waals surface area (Å²) >= 11 is 7.56. The summed E-state index contributed by atoms with van der Waals surface area (Å²) in [5, 5.41) is 3.14. The number of hydrogen-bond donors (Lipinski definition) is 0. The van der Waals surface area contributed by atoms with Crippen LogP contribution in [0.3, 0.4) is 0 Å². The summed E-state index contributed by atoms with van der Waals surface area (Å²) < 4.78 is 0. The Balaban J connectivity index is 2.09. The van der Waals surface area contributed by atoms with Gasteiger partial charge < -0.3 is 0 Å². The van der Waals surface area contributed by atoms with Crippen molar-refractivity contribution in [3.05, 3.63) is 87.9 Å². The van der Waals surface area contributed by atoms with Crippen molar-refractivity contribution in [3.63, 3.8) is 0 Å². The number of alkyl halides is 1. The third kappa shape index (κ3) is 2.77. The first-order valence-corrected chi connectivity index (χ1v) is 7.90. The number of benzene rings is 2. The molecule has 0 amide bonds. The fraction of sp³-hybridized carbons (Fsp3) is 0.118.